The fourth-order valence-electron chi connectivity index (χ4n) is 1.92. The van der Waals surface area contributed by atoms with Gasteiger partial charge in [0, 0.05) is 12.5 Å². The third-order valence-corrected chi connectivity index (χ3v) is 8.97. The first-order chi connectivity index (χ1) is 8.94. The molecule has 0 saturated heterocycles. The Morgan fingerprint density at radius 1 is 1.30 bits per heavy atom. The SMILES string of the molecule is Cc1cc([C@H](O)C[C@H](C)O[Si](C)(C)C(C)(C)C)oc1C. The summed E-state index contributed by atoms with van der Waals surface area (Å²) in [5.74, 6) is 1.52. The highest BCUT2D eigenvalue weighted by atomic mass is 28.4. The van der Waals surface area contributed by atoms with Crippen LogP contribution in [-0.2, 0) is 4.43 Å². The van der Waals surface area contributed by atoms with Crippen molar-refractivity contribution in [2.45, 2.75) is 78.3 Å². The van der Waals surface area contributed by atoms with Crippen LogP contribution >= 0.6 is 0 Å². The maximum Gasteiger partial charge on any atom is 0.192 e. The van der Waals surface area contributed by atoms with Gasteiger partial charge in [0.25, 0.3) is 0 Å². The largest absolute Gasteiger partial charge is 0.463 e. The maximum atomic E-state index is 10.3. The van der Waals surface area contributed by atoms with Crippen molar-refractivity contribution < 1.29 is 13.9 Å². The molecule has 0 aliphatic rings. The number of hydrogen-bond acceptors (Lipinski definition) is 3. The van der Waals surface area contributed by atoms with Crippen molar-refractivity contribution in [2.75, 3.05) is 0 Å². The molecule has 0 aliphatic carbocycles. The lowest BCUT2D eigenvalue weighted by molar-refractivity contribution is 0.0802. The fraction of sp³-hybridized carbons (Fsp3) is 0.750. The summed E-state index contributed by atoms with van der Waals surface area (Å²) >= 11 is 0. The van der Waals surface area contributed by atoms with Crippen molar-refractivity contribution in [1.82, 2.24) is 0 Å². The molecule has 1 aromatic rings. The zero-order valence-electron chi connectivity index (χ0n) is 14.2. The van der Waals surface area contributed by atoms with Crippen LogP contribution in [-0.4, -0.2) is 19.5 Å². The fourth-order valence-corrected chi connectivity index (χ4v) is 3.38. The minimum Gasteiger partial charge on any atom is -0.463 e. The summed E-state index contributed by atoms with van der Waals surface area (Å²) in [6.07, 6.45) is -0.00222. The maximum absolute atomic E-state index is 10.3. The third-order valence-electron chi connectivity index (χ3n) is 4.37. The molecule has 1 heterocycles. The average Bonchev–Trinajstić information content (AvgIpc) is 2.56. The summed E-state index contributed by atoms with van der Waals surface area (Å²) in [5.41, 5.74) is 1.08. The van der Waals surface area contributed by atoms with Crippen molar-refractivity contribution in [3.8, 4) is 0 Å². The molecule has 0 amide bonds. The Balaban J connectivity index is 2.64. The molecule has 20 heavy (non-hydrogen) atoms. The van der Waals surface area contributed by atoms with Crippen molar-refractivity contribution in [2.24, 2.45) is 0 Å². The van der Waals surface area contributed by atoms with Crippen molar-refractivity contribution in [3.05, 3.63) is 23.2 Å². The Morgan fingerprint density at radius 3 is 2.25 bits per heavy atom. The Morgan fingerprint density at radius 2 is 1.85 bits per heavy atom. The van der Waals surface area contributed by atoms with E-state index in [1.165, 1.54) is 0 Å². The number of aliphatic hydroxyl groups excluding tert-OH is 1. The van der Waals surface area contributed by atoms with E-state index in [2.05, 4.69) is 33.9 Å². The molecule has 2 atom stereocenters. The lowest BCUT2D eigenvalue weighted by Crippen LogP contribution is -2.43. The van der Waals surface area contributed by atoms with Crippen LogP contribution in [0.5, 0.6) is 0 Å². The van der Waals surface area contributed by atoms with E-state index in [4.69, 9.17) is 8.84 Å². The molecule has 4 heteroatoms. The molecule has 0 fully saturated rings. The summed E-state index contributed by atoms with van der Waals surface area (Å²) in [6.45, 7) is 17.1. The molecule has 0 spiro atoms. The Bertz CT molecular complexity index is 424. The lowest BCUT2D eigenvalue weighted by atomic mass is 10.1. The van der Waals surface area contributed by atoms with Crippen molar-refractivity contribution in [3.63, 3.8) is 0 Å². The zero-order chi connectivity index (χ0) is 15.7. The molecule has 1 N–H and O–H groups in total. The predicted octanol–water partition coefficient (Wildman–Crippen LogP) is 4.73. The van der Waals surface area contributed by atoms with Gasteiger partial charge in [0.05, 0.1) is 0 Å². The summed E-state index contributed by atoms with van der Waals surface area (Å²) < 4.78 is 11.8. The van der Waals surface area contributed by atoms with E-state index in [-0.39, 0.29) is 11.1 Å². The highest BCUT2D eigenvalue weighted by Gasteiger charge is 2.38. The molecule has 1 rings (SSSR count). The quantitative estimate of drug-likeness (QED) is 0.799. The standard InChI is InChI=1S/C16H30O3Si/c1-11-9-15(18-13(11)3)14(17)10-12(2)19-20(7,8)16(4,5)6/h9,12,14,17H,10H2,1-8H3/t12-,14+/m0/s1. The second-order valence-electron chi connectivity index (χ2n) is 7.33. The topological polar surface area (TPSA) is 42.6 Å². The second-order valence-corrected chi connectivity index (χ2v) is 12.1. The van der Waals surface area contributed by atoms with E-state index in [0.29, 0.717) is 12.2 Å². The van der Waals surface area contributed by atoms with E-state index in [0.717, 1.165) is 11.3 Å². The molecule has 1 aromatic heterocycles. The number of hydrogen-bond donors (Lipinski definition) is 1. The molecule has 0 aliphatic heterocycles. The second kappa shape index (κ2) is 6.04. The van der Waals surface area contributed by atoms with Gasteiger partial charge in [0.1, 0.15) is 17.6 Å². The number of rotatable bonds is 5. The zero-order valence-corrected chi connectivity index (χ0v) is 15.2. The molecule has 0 radical (unpaired) electrons. The van der Waals surface area contributed by atoms with Gasteiger partial charge in [0.2, 0.25) is 0 Å². The molecule has 0 bridgehead atoms. The van der Waals surface area contributed by atoms with Gasteiger partial charge < -0.3 is 13.9 Å². The molecule has 3 nitrogen and oxygen atoms in total. The van der Waals surface area contributed by atoms with Crippen molar-refractivity contribution >= 4 is 8.32 Å². The highest BCUT2D eigenvalue weighted by molar-refractivity contribution is 6.74. The normalized spacial score (nSPS) is 16.2. The first-order valence-electron chi connectivity index (χ1n) is 7.37. The molecule has 0 unspecified atom stereocenters. The molecular weight excluding hydrogens is 268 g/mol. The minimum atomic E-state index is -1.78. The van der Waals surface area contributed by atoms with E-state index in [1.54, 1.807) is 0 Å². The molecule has 116 valence electrons. The van der Waals surface area contributed by atoms with Crippen LogP contribution < -0.4 is 0 Å². The smallest absolute Gasteiger partial charge is 0.192 e. The van der Waals surface area contributed by atoms with Gasteiger partial charge in [-0.05, 0) is 50.5 Å². The molecule has 0 aromatic carbocycles. The van der Waals surface area contributed by atoms with Gasteiger partial charge in [-0.1, -0.05) is 20.8 Å². The first kappa shape index (κ1) is 17.5. The van der Waals surface area contributed by atoms with Gasteiger partial charge in [-0.25, -0.2) is 0 Å². The summed E-state index contributed by atoms with van der Waals surface area (Å²) in [4.78, 5) is 0. The van der Waals surface area contributed by atoms with Crippen LogP contribution in [0.4, 0.5) is 0 Å². The van der Waals surface area contributed by atoms with Crippen LogP contribution in [0.2, 0.25) is 18.1 Å². The van der Waals surface area contributed by atoms with Gasteiger partial charge in [-0.2, -0.15) is 0 Å². The van der Waals surface area contributed by atoms with E-state index in [9.17, 15) is 5.11 Å². The Labute approximate surface area is 124 Å². The molecular formula is C16H30O3Si. The highest BCUT2D eigenvalue weighted by Crippen LogP contribution is 2.38. The number of aliphatic hydroxyl groups is 1. The van der Waals surface area contributed by atoms with Crippen LogP contribution in [0.1, 0.15) is 57.3 Å². The monoisotopic (exact) mass is 298 g/mol. The van der Waals surface area contributed by atoms with E-state index >= 15 is 0 Å². The summed E-state index contributed by atoms with van der Waals surface area (Å²) in [6, 6.07) is 1.92. The lowest BCUT2D eigenvalue weighted by Gasteiger charge is -2.38. The third kappa shape index (κ3) is 4.20. The predicted molar refractivity (Wildman–Crippen MR) is 85.5 cm³/mol. The number of furan rings is 1. The molecule has 0 saturated carbocycles. The van der Waals surface area contributed by atoms with E-state index < -0.39 is 14.4 Å². The van der Waals surface area contributed by atoms with Crippen LogP contribution in [0, 0.1) is 13.8 Å². The van der Waals surface area contributed by atoms with Crippen LogP contribution in [0.3, 0.4) is 0 Å². The van der Waals surface area contributed by atoms with E-state index in [1.807, 2.05) is 26.8 Å². The van der Waals surface area contributed by atoms with Gasteiger partial charge >= 0.3 is 0 Å². The van der Waals surface area contributed by atoms with Gasteiger partial charge in [-0.15, -0.1) is 0 Å². The van der Waals surface area contributed by atoms with Gasteiger partial charge in [-0.3, -0.25) is 0 Å². The Hall–Kier alpha value is -0.583. The minimum absolute atomic E-state index is 0.0246. The van der Waals surface area contributed by atoms with Crippen LogP contribution in [0.25, 0.3) is 0 Å². The average molecular weight is 298 g/mol. The summed E-state index contributed by atoms with van der Waals surface area (Å²) in [5, 5.41) is 10.5. The van der Waals surface area contributed by atoms with Crippen LogP contribution in [0.15, 0.2) is 10.5 Å². The summed E-state index contributed by atoms with van der Waals surface area (Å²) in [7, 11) is -1.78. The van der Waals surface area contributed by atoms with Crippen molar-refractivity contribution in [1.29, 1.82) is 0 Å². The van der Waals surface area contributed by atoms with Gasteiger partial charge in [0.15, 0.2) is 8.32 Å². The Kier molecular flexibility index (Phi) is 5.27. The first-order valence-corrected chi connectivity index (χ1v) is 10.3. The number of aryl methyl sites for hydroxylation is 2.